The molecule has 0 aromatic heterocycles. The summed E-state index contributed by atoms with van der Waals surface area (Å²) in [5.74, 6) is -0.981. The Morgan fingerprint density at radius 2 is 1.84 bits per heavy atom. The topological polar surface area (TPSA) is 52.9 Å². The van der Waals surface area contributed by atoms with Gasteiger partial charge >= 0.3 is 6.18 Å². The van der Waals surface area contributed by atoms with Crippen LogP contribution in [0.15, 0.2) is 48.0 Å². The number of anilines is 1. The number of benzene rings is 2. The molecule has 0 atom stereocenters. The van der Waals surface area contributed by atoms with Crippen LogP contribution in [0.2, 0.25) is 10.0 Å². The third-order valence-corrected chi connectivity index (χ3v) is 3.67. The zero-order valence-electron chi connectivity index (χ0n) is 12.4. The fourth-order valence-corrected chi connectivity index (χ4v) is 2.41. The number of nitriles is 1. The van der Waals surface area contributed by atoms with E-state index in [9.17, 15) is 18.0 Å². The SMILES string of the molecule is N#C/C(=C\c1ccc(Cl)cc1Cl)C(=O)Nc1ccccc1C(F)(F)F. The molecule has 3 nitrogen and oxygen atoms in total. The van der Waals surface area contributed by atoms with Crippen molar-refractivity contribution in [2.75, 3.05) is 5.32 Å². The van der Waals surface area contributed by atoms with Gasteiger partial charge in [0.2, 0.25) is 0 Å². The van der Waals surface area contributed by atoms with Crippen molar-refractivity contribution in [1.82, 2.24) is 0 Å². The van der Waals surface area contributed by atoms with Crippen LogP contribution in [-0.2, 0) is 11.0 Å². The first-order chi connectivity index (χ1) is 11.7. The van der Waals surface area contributed by atoms with Crippen molar-refractivity contribution < 1.29 is 18.0 Å². The van der Waals surface area contributed by atoms with Gasteiger partial charge in [0.05, 0.1) is 11.3 Å². The molecule has 0 saturated carbocycles. The number of nitrogens with one attached hydrogen (secondary N) is 1. The normalized spacial score (nSPS) is 11.8. The molecule has 2 aromatic carbocycles. The maximum absolute atomic E-state index is 13.0. The molecule has 2 aromatic rings. The highest BCUT2D eigenvalue weighted by Gasteiger charge is 2.33. The number of rotatable bonds is 3. The van der Waals surface area contributed by atoms with Gasteiger partial charge in [-0.2, -0.15) is 18.4 Å². The van der Waals surface area contributed by atoms with Crippen LogP contribution in [0.3, 0.4) is 0 Å². The van der Waals surface area contributed by atoms with Gasteiger partial charge in [-0.25, -0.2) is 0 Å². The Morgan fingerprint density at radius 1 is 1.16 bits per heavy atom. The predicted octanol–water partition coefficient (Wildman–Crippen LogP) is 5.56. The minimum Gasteiger partial charge on any atom is -0.321 e. The molecule has 0 aliphatic heterocycles. The van der Waals surface area contributed by atoms with E-state index >= 15 is 0 Å². The van der Waals surface area contributed by atoms with E-state index in [1.165, 1.54) is 36.4 Å². The van der Waals surface area contributed by atoms with Crippen LogP contribution in [0, 0.1) is 11.3 Å². The largest absolute Gasteiger partial charge is 0.418 e. The van der Waals surface area contributed by atoms with Crippen molar-refractivity contribution in [3.05, 3.63) is 69.2 Å². The molecule has 8 heteroatoms. The second-order valence-corrected chi connectivity index (χ2v) is 5.68. The number of para-hydroxylation sites is 1. The molecule has 0 aliphatic carbocycles. The van der Waals surface area contributed by atoms with Gasteiger partial charge < -0.3 is 5.32 Å². The average molecular weight is 385 g/mol. The molecule has 1 N–H and O–H groups in total. The first-order valence-electron chi connectivity index (χ1n) is 6.77. The zero-order chi connectivity index (χ0) is 18.6. The van der Waals surface area contributed by atoms with E-state index in [0.29, 0.717) is 10.6 Å². The molecule has 0 bridgehead atoms. The van der Waals surface area contributed by atoms with Crippen LogP contribution in [0.4, 0.5) is 18.9 Å². The molecule has 0 unspecified atom stereocenters. The zero-order valence-corrected chi connectivity index (χ0v) is 13.9. The molecule has 1 amide bonds. The Balaban J connectivity index is 2.34. The summed E-state index contributed by atoms with van der Waals surface area (Å²) in [6.45, 7) is 0. The average Bonchev–Trinajstić information content (AvgIpc) is 2.53. The van der Waals surface area contributed by atoms with Gasteiger partial charge in [0.1, 0.15) is 11.6 Å². The Hall–Kier alpha value is -2.49. The number of alkyl halides is 3. The highest BCUT2D eigenvalue weighted by Crippen LogP contribution is 2.34. The Labute approximate surface area is 151 Å². The smallest absolute Gasteiger partial charge is 0.321 e. The highest BCUT2D eigenvalue weighted by atomic mass is 35.5. The summed E-state index contributed by atoms with van der Waals surface area (Å²) in [6.07, 6.45) is -3.47. The van der Waals surface area contributed by atoms with E-state index < -0.39 is 28.9 Å². The number of halogens is 5. The lowest BCUT2D eigenvalue weighted by Crippen LogP contribution is -2.17. The summed E-state index contributed by atoms with van der Waals surface area (Å²) < 4.78 is 38.9. The molecule has 2 rings (SSSR count). The minimum absolute atomic E-state index is 0.198. The quantitative estimate of drug-likeness (QED) is 0.556. The third kappa shape index (κ3) is 4.75. The van der Waals surface area contributed by atoms with E-state index in [2.05, 4.69) is 5.32 Å². The van der Waals surface area contributed by atoms with Crippen molar-refractivity contribution >= 4 is 40.9 Å². The number of hydrogen-bond acceptors (Lipinski definition) is 2. The van der Waals surface area contributed by atoms with E-state index in [1.54, 1.807) is 6.07 Å². The molecule has 0 spiro atoms. The van der Waals surface area contributed by atoms with Gasteiger partial charge in [0, 0.05) is 10.0 Å². The molecule has 0 aliphatic rings. The van der Waals surface area contributed by atoms with Crippen LogP contribution in [0.25, 0.3) is 6.08 Å². The van der Waals surface area contributed by atoms with Crippen LogP contribution < -0.4 is 5.32 Å². The number of amides is 1. The van der Waals surface area contributed by atoms with E-state index in [4.69, 9.17) is 28.5 Å². The van der Waals surface area contributed by atoms with Gasteiger partial charge in [0.25, 0.3) is 5.91 Å². The fourth-order valence-electron chi connectivity index (χ4n) is 1.95. The molecule has 25 heavy (non-hydrogen) atoms. The lowest BCUT2D eigenvalue weighted by Gasteiger charge is -2.13. The van der Waals surface area contributed by atoms with Crippen LogP contribution in [0.5, 0.6) is 0 Å². The lowest BCUT2D eigenvalue weighted by atomic mass is 10.1. The monoisotopic (exact) mass is 384 g/mol. The van der Waals surface area contributed by atoms with Crippen molar-refractivity contribution in [3.8, 4) is 6.07 Å². The minimum atomic E-state index is -4.64. The summed E-state index contributed by atoms with van der Waals surface area (Å²) in [5.41, 5.74) is -1.52. The first kappa shape index (κ1) is 18.8. The molecule has 0 radical (unpaired) electrons. The Kier molecular flexibility index (Phi) is 5.73. The van der Waals surface area contributed by atoms with Crippen molar-refractivity contribution in [3.63, 3.8) is 0 Å². The third-order valence-electron chi connectivity index (χ3n) is 3.11. The standard InChI is InChI=1S/C17H9Cl2F3N2O/c18-12-6-5-10(14(19)8-12)7-11(9-23)16(25)24-15-4-2-1-3-13(15)17(20,21)22/h1-8H,(H,24,25)/b11-7+. The number of carbonyl (C=O) groups excluding carboxylic acids is 1. The maximum Gasteiger partial charge on any atom is 0.418 e. The maximum atomic E-state index is 13.0. The van der Waals surface area contributed by atoms with Crippen LogP contribution in [-0.4, -0.2) is 5.91 Å². The molecule has 128 valence electrons. The number of hydrogen-bond donors (Lipinski definition) is 1. The summed E-state index contributed by atoms with van der Waals surface area (Å²) in [4.78, 5) is 12.2. The predicted molar refractivity (Wildman–Crippen MR) is 90.1 cm³/mol. The van der Waals surface area contributed by atoms with Crippen molar-refractivity contribution in [2.24, 2.45) is 0 Å². The van der Waals surface area contributed by atoms with Crippen LogP contribution in [0.1, 0.15) is 11.1 Å². The van der Waals surface area contributed by atoms with Crippen molar-refractivity contribution in [1.29, 1.82) is 5.26 Å². The highest BCUT2D eigenvalue weighted by molar-refractivity contribution is 6.35. The Morgan fingerprint density at radius 3 is 2.44 bits per heavy atom. The second kappa shape index (κ2) is 7.60. The summed E-state index contributed by atoms with van der Waals surface area (Å²) >= 11 is 11.7. The van der Waals surface area contributed by atoms with Gasteiger partial charge in [-0.1, -0.05) is 41.4 Å². The fraction of sp³-hybridized carbons (Fsp3) is 0.0588. The van der Waals surface area contributed by atoms with Crippen LogP contribution >= 0.6 is 23.2 Å². The second-order valence-electron chi connectivity index (χ2n) is 4.83. The lowest BCUT2D eigenvalue weighted by molar-refractivity contribution is -0.136. The van der Waals surface area contributed by atoms with Gasteiger partial charge in [-0.05, 0) is 35.9 Å². The van der Waals surface area contributed by atoms with Crippen molar-refractivity contribution in [2.45, 2.75) is 6.18 Å². The molecule has 0 saturated heterocycles. The molecular weight excluding hydrogens is 376 g/mol. The van der Waals surface area contributed by atoms with E-state index in [-0.39, 0.29) is 5.02 Å². The first-order valence-corrected chi connectivity index (χ1v) is 7.52. The number of carbonyl (C=O) groups is 1. The Bertz CT molecular complexity index is 886. The van der Waals surface area contributed by atoms with E-state index in [1.807, 2.05) is 0 Å². The van der Waals surface area contributed by atoms with Gasteiger partial charge in [0.15, 0.2) is 0 Å². The number of nitrogens with zero attached hydrogens (tertiary/aromatic N) is 1. The molecular formula is C17H9Cl2F3N2O. The molecule has 0 fully saturated rings. The van der Waals surface area contributed by atoms with E-state index in [0.717, 1.165) is 12.1 Å². The summed E-state index contributed by atoms with van der Waals surface area (Å²) in [7, 11) is 0. The molecule has 0 heterocycles. The van der Waals surface area contributed by atoms with Gasteiger partial charge in [-0.15, -0.1) is 0 Å². The summed E-state index contributed by atoms with van der Waals surface area (Å²) in [5, 5.41) is 11.8. The van der Waals surface area contributed by atoms with Gasteiger partial charge in [-0.3, -0.25) is 4.79 Å². The summed E-state index contributed by atoms with van der Waals surface area (Å²) in [6, 6.07) is 10.5.